The van der Waals surface area contributed by atoms with Crippen LogP contribution in [0.4, 0.5) is 4.39 Å². The smallest absolute Gasteiger partial charge is 0.191 e. The molecule has 1 aliphatic rings. The van der Waals surface area contributed by atoms with Crippen LogP contribution in [0.5, 0.6) is 0 Å². The highest BCUT2D eigenvalue weighted by molar-refractivity contribution is 7.99. The molecule has 0 spiro atoms. The Kier molecular flexibility index (Phi) is 5.87. The molecule has 1 aliphatic heterocycles. The second-order valence-corrected chi connectivity index (χ2v) is 6.55. The van der Waals surface area contributed by atoms with E-state index < -0.39 is 0 Å². The van der Waals surface area contributed by atoms with Crippen LogP contribution in [0.1, 0.15) is 11.6 Å². The van der Waals surface area contributed by atoms with Gasteiger partial charge < -0.3 is 15.5 Å². The van der Waals surface area contributed by atoms with E-state index in [4.69, 9.17) is 5.73 Å². The summed E-state index contributed by atoms with van der Waals surface area (Å²) in [5.74, 6) is 2.60. The van der Waals surface area contributed by atoms with Gasteiger partial charge in [-0.15, -0.1) is 0 Å². The van der Waals surface area contributed by atoms with Crippen molar-refractivity contribution in [1.82, 2.24) is 9.80 Å². The first-order valence-electron chi connectivity index (χ1n) is 7.12. The van der Waals surface area contributed by atoms with E-state index in [-0.39, 0.29) is 11.9 Å². The third-order valence-corrected chi connectivity index (χ3v) is 4.58. The van der Waals surface area contributed by atoms with Crippen LogP contribution in [0.25, 0.3) is 0 Å². The van der Waals surface area contributed by atoms with Crippen molar-refractivity contribution in [2.75, 3.05) is 45.2 Å². The monoisotopic (exact) mass is 310 g/mol. The van der Waals surface area contributed by atoms with E-state index in [1.54, 1.807) is 0 Å². The van der Waals surface area contributed by atoms with Gasteiger partial charge in [0.15, 0.2) is 5.96 Å². The van der Waals surface area contributed by atoms with Crippen LogP contribution < -0.4 is 5.73 Å². The lowest BCUT2D eigenvalue weighted by molar-refractivity contribution is 0.305. The molecule has 2 rings (SSSR count). The van der Waals surface area contributed by atoms with Crippen LogP contribution in [-0.2, 0) is 0 Å². The van der Waals surface area contributed by atoms with Crippen LogP contribution in [0.15, 0.2) is 29.3 Å². The molecule has 4 nitrogen and oxygen atoms in total. The summed E-state index contributed by atoms with van der Waals surface area (Å²) in [7, 11) is 3.99. The number of halogens is 1. The summed E-state index contributed by atoms with van der Waals surface area (Å²) < 4.78 is 13.0. The summed E-state index contributed by atoms with van der Waals surface area (Å²) in [6.07, 6.45) is 0. The van der Waals surface area contributed by atoms with Crippen molar-refractivity contribution in [3.8, 4) is 0 Å². The van der Waals surface area contributed by atoms with Crippen LogP contribution in [0.3, 0.4) is 0 Å². The Hall–Kier alpha value is -1.27. The first-order chi connectivity index (χ1) is 10.1. The van der Waals surface area contributed by atoms with Crippen molar-refractivity contribution < 1.29 is 4.39 Å². The SMILES string of the molecule is CN(C)C(CN=C(N)N1CCSCC1)c1ccc(F)cc1. The Balaban J connectivity index is 2.04. The molecule has 21 heavy (non-hydrogen) atoms. The number of guanidine groups is 1. The molecule has 2 N–H and O–H groups in total. The molecule has 0 radical (unpaired) electrons. The van der Waals surface area contributed by atoms with E-state index in [1.807, 2.05) is 38.0 Å². The maximum atomic E-state index is 13.0. The molecule has 116 valence electrons. The predicted octanol–water partition coefficient (Wildman–Crippen LogP) is 1.79. The Morgan fingerprint density at radius 1 is 1.33 bits per heavy atom. The zero-order valence-corrected chi connectivity index (χ0v) is 13.4. The highest BCUT2D eigenvalue weighted by atomic mass is 32.2. The maximum Gasteiger partial charge on any atom is 0.191 e. The van der Waals surface area contributed by atoms with Crippen LogP contribution in [0, 0.1) is 5.82 Å². The molecule has 1 heterocycles. The highest BCUT2D eigenvalue weighted by Crippen LogP contribution is 2.19. The topological polar surface area (TPSA) is 44.9 Å². The van der Waals surface area contributed by atoms with Gasteiger partial charge in [-0.25, -0.2) is 4.39 Å². The second-order valence-electron chi connectivity index (χ2n) is 5.33. The van der Waals surface area contributed by atoms with Gasteiger partial charge in [0.1, 0.15) is 5.82 Å². The van der Waals surface area contributed by atoms with Gasteiger partial charge >= 0.3 is 0 Å². The van der Waals surface area contributed by atoms with Crippen molar-refractivity contribution in [1.29, 1.82) is 0 Å². The summed E-state index contributed by atoms with van der Waals surface area (Å²) in [5, 5.41) is 0. The maximum absolute atomic E-state index is 13.0. The van der Waals surface area contributed by atoms with Crippen molar-refractivity contribution in [3.05, 3.63) is 35.6 Å². The molecule has 1 atom stereocenters. The molecule has 1 aromatic rings. The lowest BCUT2D eigenvalue weighted by atomic mass is 10.1. The van der Waals surface area contributed by atoms with Gasteiger partial charge in [-0.1, -0.05) is 12.1 Å². The molecule has 0 aromatic heterocycles. The minimum atomic E-state index is -0.218. The summed E-state index contributed by atoms with van der Waals surface area (Å²) in [6, 6.07) is 6.69. The van der Waals surface area contributed by atoms with Crippen LogP contribution >= 0.6 is 11.8 Å². The van der Waals surface area contributed by atoms with E-state index in [0.717, 1.165) is 30.2 Å². The third kappa shape index (κ3) is 4.61. The molecule has 1 unspecified atom stereocenters. The Bertz CT molecular complexity index is 469. The summed E-state index contributed by atoms with van der Waals surface area (Å²) in [4.78, 5) is 8.76. The number of hydrogen-bond donors (Lipinski definition) is 1. The minimum Gasteiger partial charge on any atom is -0.370 e. The molecule has 0 aliphatic carbocycles. The van der Waals surface area contributed by atoms with E-state index in [1.165, 1.54) is 12.1 Å². The van der Waals surface area contributed by atoms with Gasteiger partial charge in [0.05, 0.1) is 12.6 Å². The molecule has 0 saturated carbocycles. The Morgan fingerprint density at radius 2 is 1.95 bits per heavy atom. The fourth-order valence-corrected chi connectivity index (χ4v) is 3.23. The largest absolute Gasteiger partial charge is 0.370 e. The van der Waals surface area contributed by atoms with E-state index in [9.17, 15) is 4.39 Å². The number of thioether (sulfide) groups is 1. The van der Waals surface area contributed by atoms with Gasteiger partial charge in [-0.3, -0.25) is 4.99 Å². The van der Waals surface area contributed by atoms with Gasteiger partial charge in [0.25, 0.3) is 0 Å². The van der Waals surface area contributed by atoms with Gasteiger partial charge in [0.2, 0.25) is 0 Å². The molecular weight excluding hydrogens is 287 g/mol. The number of benzene rings is 1. The number of aliphatic imine (C=N–C) groups is 1. The lowest BCUT2D eigenvalue weighted by Gasteiger charge is -2.28. The quantitative estimate of drug-likeness (QED) is 0.680. The van der Waals surface area contributed by atoms with Gasteiger partial charge in [-0.05, 0) is 31.8 Å². The lowest BCUT2D eigenvalue weighted by Crippen LogP contribution is -2.43. The van der Waals surface area contributed by atoms with Crippen molar-refractivity contribution in [3.63, 3.8) is 0 Å². The number of hydrogen-bond acceptors (Lipinski definition) is 3. The molecule has 6 heteroatoms. The zero-order valence-electron chi connectivity index (χ0n) is 12.6. The van der Waals surface area contributed by atoms with Crippen LogP contribution in [-0.4, -0.2) is 61.0 Å². The van der Waals surface area contributed by atoms with Crippen LogP contribution in [0.2, 0.25) is 0 Å². The average Bonchev–Trinajstić information content (AvgIpc) is 2.49. The zero-order chi connectivity index (χ0) is 15.2. The molecule has 0 amide bonds. The molecule has 0 bridgehead atoms. The Labute approximate surface area is 130 Å². The fourth-order valence-electron chi connectivity index (χ4n) is 2.32. The summed E-state index contributed by atoms with van der Waals surface area (Å²) in [5.41, 5.74) is 7.14. The minimum absolute atomic E-state index is 0.100. The van der Waals surface area contributed by atoms with Crippen molar-refractivity contribution in [2.45, 2.75) is 6.04 Å². The van der Waals surface area contributed by atoms with E-state index >= 15 is 0 Å². The molecular formula is C15H23FN4S. The summed E-state index contributed by atoms with van der Waals surface area (Å²) in [6.45, 7) is 2.50. The number of nitrogens with two attached hydrogens (primary N) is 1. The molecule has 1 aromatic carbocycles. The molecule has 1 fully saturated rings. The normalized spacial score (nSPS) is 18.1. The number of rotatable bonds is 4. The Morgan fingerprint density at radius 3 is 2.52 bits per heavy atom. The van der Waals surface area contributed by atoms with E-state index in [0.29, 0.717) is 12.5 Å². The van der Waals surface area contributed by atoms with Crippen molar-refractivity contribution >= 4 is 17.7 Å². The number of nitrogens with zero attached hydrogens (tertiary/aromatic N) is 3. The third-order valence-electron chi connectivity index (χ3n) is 3.64. The standard InChI is InChI=1S/C15H23FN4S/c1-19(2)14(12-3-5-13(16)6-4-12)11-18-15(17)20-7-9-21-10-8-20/h3-6,14H,7-11H2,1-2H3,(H2,17,18). The summed E-state index contributed by atoms with van der Waals surface area (Å²) >= 11 is 1.95. The number of likely N-dealkylation sites (N-methyl/N-ethyl adjacent to an activating group) is 1. The average molecular weight is 310 g/mol. The highest BCUT2D eigenvalue weighted by Gasteiger charge is 2.16. The molecule has 1 saturated heterocycles. The first kappa shape index (κ1) is 16.1. The first-order valence-corrected chi connectivity index (χ1v) is 8.28. The van der Waals surface area contributed by atoms with Gasteiger partial charge in [-0.2, -0.15) is 11.8 Å². The second kappa shape index (κ2) is 7.66. The van der Waals surface area contributed by atoms with E-state index in [2.05, 4.69) is 14.8 Å². The van der Waals surface area contributed by atoms with Crippen molar-refractivity contribution in [2.24, 2.45) is 10.7 Å². The van der Waals surface area contributed by atoms with Gasteiger partial charge in [0, 0.05) is 24.6 Å². The fraction of sp³-hybridized carbons (Fsp3) is 0.533. The predicted molar refractivity (Wildman–Crippen MR) is 88.2 cm³/mol.